The van der Waals surface area contributed by atoms with Crippen LogP contribution < -0.4 is 16.0 Å². The Morgan fingerprint density at radius 2 is 2.15 bits per heavy atom. The van der Waals surface area contributed by atoms with Crippen molar-refractivity contribution in [3.05, 3.63) is 46.4 Å². The first kappa shape index (κ1) is 25.3. The normalized spacial score (nSPS) is 22.1. The third-order valence-electron chi connectivity index (χ3n) is 4.99. The van der Waals surface area contributed by atoms with Crippen LogP contribution in [0.3, 0.4) is 0 Å². The van der Waals surface area contributed by atoms with Gasteiger partial charge in [-0.15, -0.1) is 23.1 Å². The molecule has 0 bridgehead atoms. The molecule has 0 radical (unpaired) electrons. The molecule has 12 nitrogen and oxygen atoms in total. The number of hydrogen-bond acceptors (Lipinski definition) is 9. The molecule has 4 N–H and O–H groups in total. The largest absolute Gasteiger partial charge is 0.477 e. The lowest BCUT2D eigenvalue weighted by Gasteiger charge is -2.55. The molecule has 34 heavy (non-hydrogen) atoms. The van der Waals surface area contributed by atoms with Gasteiger partial charge in [0.05, 0.1) is 0 Å². The van der Waals surface area contributed by atoms with Crippen molar-refractivity contribution in [3.63, 3.8) is 0 Å². The second kappa shape index (κ2) is 10.3. The highest BCUT2D eigenvalue weighted by Crippen LogP contribution is 2.46. The molecule has 3 rings (SSSR count). The van der Waals surface area contributed by atoms with Crippen molar-refractivity contribution in [1.82, 2.24) is 20.9 Å². The summed E-state index contributed by atoms with van der Waals surface area (Å²) in [6, 6.07) is 1.49. The van der Waals surface area contributed by atoms with Gasteiger partial charge in [-0.25, -0.2) is 9.59 Å². The van der Waals surface area contributed by atoms with Crippen molar-refractivity contribution in [1.29, 1.82) is 0 Å². The lowest BCUT2D eigenvalue weighted by molar-refractivity contribution is -0.193. The van der Waals surface area contributed by atoms with Crippen LogP contribution in [0.1, 0.15) is 17.8 Å². The molecule has 0 aliphatic carbocycles. The van der Waals surface area contributed by atoms with Gasteiger partial charge >= 0.3 is 18.0 Å². The van der Waals surface area contributed by atoms with E-state index in [0.29, 0.717) is 4.88 Å². The number of fused-ring (bicyclic) bond motifs is 1. The summed E-state index contributed by atoms with van der Waals surface area (Å²) in [5, 5.41) is 17.9. The van der Waals surface area contributed by atoms with Gasteiger partial charge in [0.1, 0.15) is 23.7 Å². The van der Waals surface area contributed by atoms with Gasteiger partial charge in [-0.1, -0.05) is 12.6 Å². The van der Waals surface area contributed by atoms with Gasteiger partial charge in [-0.05, 0) is 17.6 Å². The fourth-order valence-corrected chi connectivity index (χ4v) is 5.68. The lowest BCUT2D eigenvalue weighted by Crippen LogP contribution is -2.81. The summed E-state index contributed by atoms with van der Waals surface area (Å²) >= 11 is 2.36. The van der Waals surface area contributed by atoms with Gasteiger partial charge in [0.25, 0.3) is 17.5 Å². The van der Waals surface area contributed by atoms with E-state index >= 15 is 0 Å². The molecule has 3 heterocycles. The molecular weight excluding hydrogens is 488 g/mol. The maximum absolute atomic E-state index is 13.2. The Morgan fingerprint density at radius 3 is 2.71 bits per heavy atom. The van der Waals surface area contributed by atoms with Crippen molar-refractivity contribution < 1.29 is 38.6 Å². The Balaban J connectivity index is 1.86. The number of carboxylic acids is 1. The Labute approximate surface area is 202 Å². The first-order valence-electron chi connectivity index (χ1n) is 9.78. The minimum atomic E-state index is -1.86. The average Bonchev–Trinajstić information content (AvgIpc) is 3.33. The average molecular weight is 511 g/mol. The number of rotatable bonds is 9. The van der Waals surface area contributed by atoms with Crippen LogP contribution in [0.25, 0.3) is 0 Å². The fraction of sp³-hybridized carbons (Fsp3) is 0.350. The van der Waals surface area contributed by atoms with Crippen LogP contribution in [-0.4, -0.2) is 70.4 Å². The molecule has 1 fully saturated rings. The predicted molar refractivity (Wildman–Crippen MR) is 121 cm³/mol. The molecule has 0 saturated carbocycles. The molecule has 2 aliphatic heterocycles. The maximum atomic E-state index is 13.2. The Kier molecular flexibility index (Phi) is 7.64. The number of ether oxygens (including phenoxy) is 2. The number of carbonyl (C=O) groups is 5. The van der Waals surface area contributed by atoms with E-state index in [1.807, 2.05) is 0 Å². The maximum Gasteiger partial charge on any atom is 0.352 e. The van der Waals surface area contributed by atoms with Crippen LogP contribution in [0.4, 0.5) is 4.79 Å². The third kappa shape index (κ3) is 4.64. The van der Waals surface area contributed by atoms with Crippen LogP contribution in [0.2, 0.25) is 0 Å². The van der Waals surface area contributed by atoms with Crippen LogP contribution >= 0.6 is 23.1 Å². The molecule has 4 amide bonds. The molecule has 2 aliphatic rings. The van der Waals surface area contributed by atoms with Gasteiger partial charge in [0, 0.05) is 30.2 Å². The fourth-order valence-electron chi connectivity index (χ4n) is 3.49. The Morgan fingerprint density at radius 1 is 1.41 bits per heavy atom. The van der Waals surface area contributed by atoms with Crippen molar-refractivity contribution in [2.45, 2.75) is 24.1 Å². The smallest absolute Gasteiger partial charge is 0.352 e. The number of amides is 4. The molecule has 2 unspecified atom stereocenters. The molecule has 1 aromatic rings. The van der Waals surface area contributed by atoms with Gasteiger partial charge in [0.2, 0.25) is 0 Å². The molecular formula is C20H22N4O8S2. The number of methoxy groups -OCH3 is 1. The predicted octanol–water partition coefficient (Wildman–Crippen LogP) is 0.508. The highest BCUT2D eigenvalue weighted by atomic mass is 32.2. The topological polar surface area (TPSA) is 163 Å². The number of nitrogens with zero attached hydrogens (tertiary/aromatic N) is 1. The van der Waals surface area contributed by atoms with Crippen molar-refractivity contribution in [2.75, 3.05) is 19.5 Å². The quantitative estimate of drug-likeness (QED) is 0.210. The third-order valence-corrected chi connectivity index (χ3v) is 7.30. The minimum absolute atomic E-state index is 0.124. The molecule has 14 heteroatoms. The monoisotopic (exact) mass is 510 g/mol. The second-order valence-electron chi connectivity index (χ2n) is 7.08. The number of β-lactam (4-membered cyclic amide) rings is 1. The Bertz CT molecular complexity index is 1060. The summed E-state index contributed by atoms with van der Waals surface area (Å²) < 4.78 is 10.3. The van der Waals surface area contributed by atoms with Gasteiger partial charge < -0.3 is 30.5 Å². The number of aliphatic carboxylic acids is 1. The number of nitrogens with one attached hydrogen (secondary N) is 3. The van der Waals surface area contributed by atoms with E-state index in [9.17, 15) is 29.1 Å². The van der Waals surface area contributed by atoms with Crippen LogP contribution in [0.5, 0.6) is 0 Å². The molecule has 1 saturated heterocycles. The zero-order valence-corrected chi connectivity index (χ0v) is 19.8. The summed E-state index contributed by atoms with van der Waals surface area (Å²) in [4.78, 5) is 63.0. The summed E-state index contributed by atoms with van der Waals surface area (Å²) in [5.41, 5.74) is -1.94. The van der Waals surface area contributed by atoms with Crippen LogP contribution in [0, 0.1) is 0 Å². The number of hydrogen-bond donors (Lipinski definition) is 4. The zero-order valence-electron chi connectivity index (χ0n) is 18.2. The molecule has 0 spiro atoms. The van der Waals surface area contributed by atoms with E-state index in [-0.39, 0.29) is 23.6 Å². The summed E-state index contributed by atoms with van der Waals surface area (Å²) in [6.45, 7) is 4.30. The second-order valence-corrected chi connectivity index (χ2v) is 9.12. The summed E-state index contributed by atoms with van der Waals surface area (Å²) in [6.07, 6.45) is 1.15. The number of carboxylic acid groups (broad SMARTS) is 1. The van der Waals surface area contributed by atoms with Gasteiger partial charge in [-0.3, -0.25) is 19.3 Å². The van der Waals surface area contributed by atoms with Crippen molar-refractivity contribution >= 4 is 52.9 Å². The van der Waals surface area contributed by atoms with Gasteiger partial charge in [-0.2, -0.15) is 0 Å². The van der Waals surface area contributed by atoms with E-state index in [0.717, 1.165) is 22.9 Å². The van der Waals surface area contributed by atoms with Crippen LogP contribution in [-0.2, 0) is 28.7 Å². The molecule has 3 atom stereocenters. The van der Waals surface area contributed by atoms with E-state index in [1.54, 1.807) is 17.5 Å². The summed E-state index contributed by atoms with van der Waals surface area (Å²) in [7, 11) is 1.21. The number of thioether (sulfide) groups is 1. The summed E-state index contributed by atoms with van der Waals surface area (Å²) in [5.74, 6) is -3.39. The van der Waals surface area contributed by atoms with Crippen LogP contribution in [0.15, 0.2) is 41.6 Å². The number of esters is 1. The zero-order chi connectivity index (χ0) is 25.0. The van der Waals surface area contributed by atoms with Crippen molar-refractivity contribution in [3.8, 4) is 0 Å². The highest BCUT2D eigenvalue weighted by Gasteiger charge is 2.67. The Hall–Kier alpha value is -3.36. The lowest BCUT2D eigenvalue weighted by atomic mass is 9.97. The molecule has 182 valence electrons. The number of thiophene rings is 1. The number of carbonyl (C=O) groups excluding carboxylic acids is 4. The first-order valence-corrected chi connectivity index (χ1v) is 11.7. The standard InChI is InChI=1S/C20H22N4O8S2/c1-4-21-19(30)22-13(12-6-5-7-33-12)15(26)23-20(31-3)17(29)24-14(16(27)28)11(8-32-10(2)25)9-34-18(20)24/h4-7,13,18H,1,8-9H2,2-3H3,(H,23,26)(H,27,28)(H2,21,22,30)/t13?,18?,20-/m1/s1. The molecule has 1 aromatic heterocycles. The van der Waals surface area contributed by atoms with E-state index < -0.39 is 46.9 Å². The molecule has 0 aromatic carbocycles. The number of urea groups is 1. The van der Waals surface area contributed by atoms with E-state index in [4.69, 9.17) is 9.47 Å². The van der Waals surface area contributed by atoms with E-state index in [2.05, 4.69) is 22.5 Å². The van der Waals surface area contributed by atoms with Crippen molar-refractivity contribution in [2.24, 2.45) is 0 Å². The van der Waals surface area contributed by atoms with Gasteiger partial charge in [0.15, 0.2) is 0 Å². The van der Waals surface area contributed by atoms with E-state index in [1.165, 1.54) is 25.4 Å². The first-order chi connectivity index (χ1) is 16.2. The highest BCUT2D eigenvalue weighted by molar-refractivity contribution is 8.00. The SMILES string of the molecule is C=CNC(=O)NC(C(=O)N[C@@]1(OC)C(=O)N2C(C(=O)O)=C(COC(C)=O)CSC21)c1cccs1. The minimum Gasteiger partial charge on any atom is -0.477 e.